The van der Waals surface area contributed by atoms with Crippen LogP contribution in [0.1, 0.15) is 58.8 Å². The van der Waals surface area contributed by atoms with Crippen LogP contribution in [0.4, 0.5) is 0 Å². The number of carbonyl (C=O) groups excluding carboxylic acids is 1. The third kappa shape index (κ3) is 3.30. The maximum absolute atomic E-state index is 12.2. The Morgan fingerprint density at radius 1 is 1.33 bits per heavy atom. The van der Waals surface area contributed by atoms with Crippen molar-refractivity contribution in [3.8, 4) is 0 Å². The number of carbonyl (C=O) groups is 1. The van der Waals surface area contributed by atoms with Gasteiger partial charge in [0.05, 0.1) is 0 Å². The van der Waals surface area contributed by atoms with Gasteiger partial charge >= 0.3 is 0 Å². The van der Waals surface area contributed by atoms with Crippen LogP contribution in [0.25, 0.3) is 0 Å². The number of ketones is 1. The summed E-state index contributed by atoms with van der Waals surface area (Å²) in [5.41, 5.74) is -0.0218. The Morgan fingerprint density at radius 3 is 2.67 bits per heavy atom. The predicted molar refractivity (Wildman–Crippen MR) is 64.0 cm³/mol. The Balaban J connectivity index is 2.45. The summed E-state index contributed by atoms with van der Waals surface area (Å²) in [4.78, 5) is 12.2. The number of unbranched alkanes of at least 4 members (excludes halogenated alkanes) is 2. The molecule has 0 aromatic heterocycles. The van der Waals surface area contributed by atoms with Gasteiger partial charge in [0, 0.05) is 18.4 Å². The second-order valence-electron chi connectivity index (χ2n) is 4.79. The fourth-order valence-corrected chi connectivity index (χ4v) is 2.51. The minimum atomic E-state index is -0.0218. The molecule has 1 aliphatic rings. The average Bonchev–Trinajstić information content (AvgIpc) is 2.30. The highest BCUT2D eigenvalue weighted by Gasteiger charge is 2.36. The van der Waals surface area contributed by atoms with Crippen molar-refractivity contribution in [2.24, 2.45) is 5.41 Å². The zero-order chi connectivity index (χ0) is 11.1. The summed E-state index contributed by atoms with van der Waals surface area (Å²) < 4.78 is 0. The van der Waals surface area contributed by atoms with Gasteiger partial charge in [0.25, 0.3) is 0 Å². The predicted octanol–water partition coefficient (Wildman–Crippen LogP) is 2.92. The molecule has 1 fully saturated rings. The Morgan fingerprint density at radius 2 is 2.13 bits per heavy atom. The average molecular weight is 211 g/mol. The van der Waals surface area contributed by atoms with E-state index < -0.39 is 0 Å². The first kappa shape index (κ1) is 12.7. The lowest BCUT2D eigenvalue weighted by molar-refractivity contribution is -0.130. The minimum Gasteiger partial charge on any atom is -0.316 e. The Hall–Kier alpha value is -0.370. The van der Waals surface area contributed by atoms with Gasteiger partial charge in [0.15, 0.2) is 0 Å². The molecule has 2 heteroatoms. The minimum absolute atomic E-state index is 0.0218. The lowest BCUT2D eigenvalue weighted by Gasteiger charge is -2.35. The van der Waals surface area contributed by atoms with E-state index in [1.54, 1.807) is 0 Å². The molecule has 1 heterocycles. The summed E-state index contributed by atoms with van der Waals surface area (Å²) in [6.07, 6.45) is 7.53. The van der Waals surface area contributed by atoms with Crippen molar-refractivity contribution in [3.05, 3.63) is 0 Å². The van der Waals surface area contributed by atoms with Gasteiger partial charge in [-0.3, -0.25) is 4.79 Å². The van der Waals surface area contributed by atoms with E-state index in [0.717, 1.165) is 45.2 Å². The number of hydrogen-bond acceptors (Lipinski definition) is 2. The Bertz CT molecular complexity index is 195. The molecule has 1 saturated heterocycles. The summed E-state index contributed by atoms with van der Waals surface area (Å²) in [7, 11) is 0. The molecule has 2 nitrogen and oxygen atoms in total. The van der Waals surface area contributed by atoms with Crippen LogP contribution in [0.15, 0.2) is 0 Å². The maximum Gasteiger partial charge on any atom is 0.140 e. The van der Waals surface area contributed by atoms with Crippen LogP contribution < -0.4 is 5.32 Å². The van der Waals surface area contributed by atoms with Crippen LogP contribution in [0, 0.1) is 5.41 Å². The number of nitrogens with one attached hydrogen (secondary N) is 1. The summed E-state index contributed by atoms with van der Waals surface area (Å²) in [6, 6.07) is 0. The molecule has 0 radical (unpaired) electrons. The molecule has 0 aliphatic carbocycles. The molecular formula is C13H25NO. The van der Waals surface area contributed by atoms with Gasteiger partial charge in [0.1, 0.15) is 5.78 Å². The van der Waals surface area contributed by atoms with Crippen molar-refractivity contribution in [1.29, 1.82) is 0 Å². The first-order valence-electron chi connectivity index (χ1n) is 6.49. The van der Waals surface area contributed by atoms with Crippen molar-refractivity contribution < 1.29 is 4.79 Å². The molecule has 0 bridgehead atoms. The van der Waals surface area contributed by atoms with Gasteiger partial charge in [-0.25, -0.2) is 0 Å². The SMILES string of the molecule is CCCCCC(=O)C1(CC)CCCNC1. The molecule has 0 saturated carbocycles. The van der Waals surface area contributed by atoms with E-state index >= 15 is 0 Å². The van der Waals surface area contributed by atoms with E-state index in [2.05, 4.69) is 19.2 Å². The van der Waals surface area contributed by atoms with Gasteiger partial charge in [0.2, 0.25) is 0 Å². The second kappa shape index (κ2) is 6.26. The van der Waals surface area contributed by atoms with Crippen LogP contribution in [0.5, 0.6) is 0 Å². The molecule has 1 unspecified atom stereocenters. The summed E-state index contributed by atoms with van der Waals surface area (Å²) in [6.45, 7) is 6.34. The molecule has 88 valence electrons. The third-order valence-electron chi connectivity index (χ3n) is 3.75. The van der Waals surface area contributed by atoms with Gasteiger partial charge in [-0.2, -0.15) is 0 Å². The molecule has 0 aromatic rings. The van der Waals surface area contributed by atoms with Crippen molar-refractivity contribution in [2.45, 2.75) is 58.8 Å². The second-order valence-corrected chi connectivity index (χ2v) is 4.79. The molecule has 15 heavy (non-hydrogen) atoms. The lowest BCUT2D eigenvalue weighted by Crippen LogP contribution is -2.45. The van der Waals surface area contributed by atoms with E-state index in [0.29, 0.717) is 5.78 Å². The quantitative estimate of drug-likeness (QED) is 0.684. The summed E-state index contributed by atoms with van der Waals surface area (Å²) in [5.74, 6) is 0.505. The molecule has 0 aromatic carbocycles. The molecule has 1 aliphatic heterocycles. The molecule has 1 N–H and O–H groups in total. The lowest BCUT2D eigenvalue weighted by atomic mass is 9.73. The van der Waals surface area contributed by atoms with Crippen molar-refractivity contribution in [2.75, 3.05) is 13.1 Å². The van der Waals surface area contributed by atoms with E-state index in [9.17, 15) is 4.79 Å². The highest BCUT2D eigenvalue weighted by atomic mass is 16.1. The van der Waals surface area contributed by atoms with Gasteiger partial charge in [-0.1, -0.05) is 26.7 Å². The smallest absolute Gasteiger partial charge is 0.140 e. The largest absolute Gasteiger partial charge is 0.316 e. The molecular weight excluding hydrogens is 186 g/mol. The van der Waals surface area contributed by atoms with Gasteiger partial charge in [-0.05, 0) is 32.2 Å². The van der Waals surface area contributed by atoms with Crippen LogP contribution in [0.3, 0.4) is 0 Å². The third-order valence-corrected chi connectivity index (χ3v) is 3.75. The number of piperidine rings is 1. The Kier molecular flexibility index (Phi) is 5.30. The topological polar surface area (TPSA) is 29.1 Å². The maximum atomic E-state index is 12.2. The van der Waals surface area contributed by atoms with E-state index in [1.807, 2.05) is 0 Å². The summed E-state index contributed by atoms with van der Waals surface area (Å²) >= 11 is 0. The normalized spacial score (nSPS) is 26.5. The molecule has 0 amide bonds. The first-order valence-corrected chi connectivity index (χ1v) is 6.49. The highest BCUT2D eigenvalue weighted by molar-refractivity contribution is 5.85. The van der Waals surface area contributed by atoms with Crippen molar-refractivity contribution >= 4 is 5.78 Å². The molecule has 1 atom stereocenters. The van der Waals surface area contributed by atoms with Crippen LogP contribution in [-0.4, -0.2) is 18.9 Å². The van der Waals surface area contributed by atoms with Crippen molar-refractivity contribution in [3.63, 3.8) is 0 Å². The number of hydrogen-bond donors (Lipinski definition) is 1. The fourth-order valence-electron chi connectivity index (χ4n) is 2.51. The zero-order valence-electron chi connectivity index (χ0n) is 10.3. The van der Waals surface area contributed by atoms with E-state index in [1.165, 1.54) is 12.8 Å². The van der Waals surface area contributed by atoms with Crippen LogP contribution >= 0.6 is 0 Å². The molecule has 0 spiro atoms. The molecule has 1 rings (SSSR count). The monoisotopic (exact) mass is 211 g/mol. The van der Waals surface area contributed by atoms with Crippen molar-refractivity contribution in [1.82, 2.24) is 5.32 Å². The zero-order valence-corrected chi connectivity index (χ0v) is 10.3. The Labute approximate surface area is 93.8 Å². The van der Waals surface area contributed by atoms with Crippen LogP contribution in [0.2, 0.25) is 0 Å². The number of Topliss-reactive ketones (excluding diaryl/α,β-unsaturated/α-hetero) is 1. The fraction of sp³-hybridized carbons (Fsp3) is 0.923. The first-order chi connectivity index (χ1) is 7.25. The standard InChI is InChI=1S/C13H25NO/c1-3-5-6-8-12(15)13(4-2)9-7-10-14-11-13/h14H,3-11H2,1-2H3. The van der Waals surface area contributed by atoms with Gasteiger partial charge < -0.3 is 5.32 Å². The van der Waals surface area contributed by atoms with Gasteiger partial charge in [-0.15, -0.1) is 0 Å². The summed E-state index contributed by atoms with van der Waals surface area (Å²) in [5, 5.41) is 3.38. The van der Waals surface area contributed by atoms with Crippen LogP contribution in [-0.2, 0) is 4.79 Å². The highest BCUT2D eigenvalue weighted by Crippen LogP contribution is 2.32. The van der Waals surface area contributed by atoms with E-state index in [4.69, 9.17) is 0 Å². The number of rotatable bonds is 6. The van der Waals surface area contributed by atoms with E-state index in [-0.39, 0.29) is 5.41 Å².